The first kappa shape index (κ1) is 13.5. The van der Waals surface area contributed by atoms with Crippen molar-refractivity contribution in [2.45, 2.75) is 38.1 Å². The molecule has 2 aliphatic rings. The number of carbonyl (C=O) groups excluding carboxylic acids is 1. The molecule has 0 spiro atoms. The Morgan fingerprint density at radius 1 is 1.40 bits per heavy atom. The van der Waals surface area contributed by atoms with E-state index in [0.717, 1.165) is 30.2 Å². The summed E-state index contributed by atoms with van der Waals surface area (Å²) >= 11 is 0.912. The summed E-state index contributed by atoms with van der Waals surface area (Å²) in [5.74, 6) is -0.209. The average Bonchev–Trinajstić information content (AvgIpc) is 2.93. The second kappa shape index (κ2) is 4.51. The molecule has 2 heterocycles. The summed E-state index contributed by atoms with van der Waals surface area (Å²) in [6.45, 7) is 1.55. The number of ketones is 1. The van der Waals surface area contributed by atoms with Gasteiger partial charge in [0.15, 0.2) is 12.0 Å². The van der Waals surface area contributed by atoms with Crippen molar-refractivity contribution in [1.82, 2.24) is 5.32 Å². The van der Waals surface area contributed by atoms with E-state index >= 15 is 0 Å². The molecular formula is C13H12F3NO2S. The van der Waals surface area contributed by atoms with Crippen molar-refractivity contribution in [3.63, 3.8) is 0 Å². The van der Waals surface area contributed by atoms with Gasteiger partial charge in [0, 0.05) is 6.04 Å². The van der Waals surface area contributed by atoms with Crippen molar-refractivity contribution in [1.29, 1.82) is 0 Å². The van der Waals surface area contributed by atoms with Crippen LogP contribution in [0, 0.1) is 0 Å². The van der Waals surface area contributed by atoms with E-state index in [0.29, 0.717) is 0 Å². The first-order chi connectivity index (χ1) is 9.38. The molecule has 1 unspecified atom stereocenters. The molecule has 1 aliphatic heterocycles. The molecule has 1 aliphatic carbocycles. The molecule has 7 heteroatoms. The van der Waals surface area contributed by atoms with Gasteiger partial charge in [-0.15, -0.1) is 11.3 Å². The Labute approximate surface area is 117 Å². The number of nitrogens with one attached hydrogen (secondary N) is 1. The monoisotopic (exact) mass is 303 g/mol. The highest BCUT2D eigenvalue weighted by molar-refractivity contribution is 7.11. The van der Waals surface area contributed by atoms with Crippen LogP contribution in [0.1, 0.15) is 30.2 Å². The first-order valence-electron chi connectivity index (χ1n) is 6.24. The lowest BCUT2D eigenvalue weighted by Gasteiger charge is -2.10. The first-order valence-corrected chi connectivity index (χ1v) is 7.12. The molecule has 1 saturated carbocycles. The summed E-state index contributed by atoms with van der Waals surface area (Å²) in [5, 5.41) is 4.35. The highest BCUT2D eigenvalue weighted by Gasteiger charge is 2.42. The van der Waals surface area contributed by atoms with E-state index in [-0.39, 0.29) is 22.4 Å². The highest BCUT2D eigenvalue weighted by atomic mass is 32.1. The van der Waals surface area contributed by atoms with Gasteiger partial charge in [0.25, 0.3) is 0 Å². The van der Waals surface area contributed by atoms with Crippen LogP contribution in [0.15, 0.2) is 17.3 Å². The number of halogens is 3. The molecular weight excluding hydrogens is 291 g/mol. The lowest BCUT2D eigenvalue weighted by atomic mass is 10.0. The second-order valence-corrected chi connectivity index (χ2v) is 5.82. The molecule has 0 aromatic carbocycles. The molecule has 1 N–H and O–H groups in total. The Balaban J connectivity index is 2.05. The highest BCUT2D eigenvalue weighted by Crippen LogP contribution is 2.42. The molecule has 0 amide bonds. The Hall–Kier alpha value is -1.50. The molecule has 1 fully saturated rings. The fraction of sp³-hybridized carbons (Fsp3) is 0.462. The average molecular weight is 303 g/mol. The van der Waals surface area contributed by atoms with Gasteiger partial charge in [-0.1, -0.05) is 0 Å². The predicted octanol–water partition coefficient (Wildman–Crippen LogP) is 3.18. The maximum absolute atomic E-state index is 13.0. The van der Waals surface area contributed by atoms with Gasteiger partial charge in [0.05, 0.1) is 16.0 Å². The zero-order valence-electron chi connectivity index (χ0n) is 10.6. The standard InChI is InChI=1S/C13H12F3NO2S/c1-6-10(18)9(12(19-6)17-7-2-3-7)11-8(4-5-20-11)13(14,15)16/h4-7,17H,2-3H2,1H3. The Morgan fingerprint density at radius 3 is 2.70 bits per heavy atom. The fourth-order valence-corrected chi connectivity index (χ4v) is 3.03. The molecule has 0 radical (unpaired) electrons. The van der Waals surface area contributed by atoms with Gasteiger partial charge in [-0.25, -0.2) is 0 Å². The summed E-state index contributed by atoms with van der Waals surface area (Å²) in [7, 11) is 0. The van der Waals surface area contributed by atoms with Crippen LogP contribution in [0.3, 0.4) is 0 Å². The normalized spacial score (nSPS) is 23.2. The number of hydrogen-bond acceptors (Lipinski definition) is 4. The zero-order valence-corrected chi connectivity index (χ0v) is 11.4. The molecule has 0 saturated heterocycles. The van der Waals surface area contributed by atoms with Crippen LogP contribution >= 0.6 is 11.3 Å². The number of alkyl halides is 3. The molecule has 1 aromatic rings. The summed E-state index contributed by atoms with van der Waals surface area (Å²) < 4.78 is 44.3. The maximum Gasteiger partial charge on any atom is 0.417 e. The van der Waals surface area contributed by atoms with E-state index in [1.165, 1.54) is 5.38 Å². The van der Waals surface area contributed by atoms with Crippen LogP contribution in [-0.4, -0.2) is 17.9 Å². The minimum Gasteiger partial charge on any atom is -0.467 e. The van der Waals surface area contributed by atoms with E-state index in [2.05, 4.69) is 5.32 Å². The van der Waals surface area contributed by atoms with Crippen LogP contribution in [0.4, 0.5) is 13.2 Å². The molecule has 3 rings (SSSR count). The van der Waals surface area contributed by atoms with Gasteiger partial charge in [-0.3, -0.25) is 4.79 Å². The van der Waals surface area contributed by atoms with Crippen molar-refractivity contribution in [2.75, 3.05) is 0 Å². The van der Waals surface area contributed by atoms with E-state index in [1.54, 1.807) is 6.92 Å². The topological polar surface area (TPSA) is 38.3 Å². The largest absolute Gasteiger partial charge is 0.467 e. The van der Waals surface area contributed by atoms with Crippen molar-refractivity contribution in [3.05, 3.63) is 27.8 Å². The van der Waals surface area contributed by atoms with Gasteiger partial charge >= 0.3 is 6.18 Å². The van der Waals surface area contributed by atoms with Gasteiger partial charge in [0.2, 0.25) is 5.78 Å². The van der Waals surface area contributed by atoms with Crippen molar-refractivity contribution < 1.29 is 22.7 Å². The van der Waals surface area contributed by atoms with Crippen molar-refractivity contribution >= 4 is 22.7 Å². The Morgan fingerprint density at radius 2 is 2.10 bits per heavy atom. The summed E-state index contributed by atoms with van der Waals surface area (Å²) in [6.07, 6.45) is -3.33. The summed E-state index contributed by atoms with van der Waals surface area (Å²) in [6, 6.07) is 1.20. The molecule has 20 heavy (non-hydrogen) atoms. The van der Waals surface area contributed by atoms with Gasteiger partial charge < -0.3 is 10.1 Å². The van der Waals surface area contributed by atoms with E-state index in [9.17, 15) is 18.0 Å². The number of rotatable bonds is 3. The zero-order chi connectivity index (χ0) is 14.5. The Bertz CT molecular complexity index is 587. The number of thiophene rings is 1. The van der Waals surface area contributed by atoms with Crippen LogP contribution in [0.5, 0.6) is 0 Å². The van der Waals surface area contributed by atoms with Crippen LogP contribution < -0.4 is 5.32 Å². The van der Waals surface area contributed by atoms with Gasteiger partial charge in [0.1, 0.15) is 0 Å². The SMILES string of the molecule is CC1OC(NC2CC2)=C(c2sccc2C(F)(F)F)C1=O. The Kier molecular flexibility index (Phi) is 3.04. The van der Waals surface area contributed by atoms with Crippen LogP contribution in [0.25, 0.3) is 5.57 Å². The molecule has 1 atom stereocenters. The van der Waals surface area contributed by atoms with Gasteiger partial charge in [-0.05, 0) is 31.2 Å². The summed E-state index contributed by atoms with van der Waals surface area (Å²) in [5.41, 5.74) is -0.745. The van der Waals surface area contributed by atoms with E-state index < -0.39 is 23.6 Å². The van der Waals surface area contributed by atoms with E-state index in [1.807, 2.05) is 0 Å². The van der Waals surface area contributed by atoms with Crippen molar-refractivity contribution in [3.8, 4) is 0 Å². The third-order valence-corrected chi connectivity index (χ3v) is 4.18. The molecule has 3 nitrogen and oxygen atoms in total. The van der Waals surface area contributed by atoms with Crippen molar-refractivity contribution in [2.24, 2.45) is 0 Å². The molecule has 1 aromatic heterocycles. The number of Topliss-reactive ketones (excluding diaryl/α,β-unsaturated/α-hetero) is 1. The fourth-order valence-electron chi connectivity index (χ4n) is 2.06. The molecule has 0 bridgehead atoms. The molecule has 108 valence electrons. The summed E-state index contributed by atoms with van der Waals surface area (Å²) in [4.78, 5) is 12.1. The lowest BCUT2D eigenvalue weighted by Crippen LogP contribution is -2.18. The minimum absolute atomic E-state index is 0.0340. The van der Waals surface area contributed by atoms with Crippen LogP contribution in [0.2, 0.25) is 0 Å². The smallest absolute Gasteiger partial charge is 0.417 e. The maximum atomic E-state index is 13.0. The third-order valence-electron chi connectivity index (χ3n) is 3.25. The number of hydrogen-bond donors (Lipinski definition) is 1. The minimum atomic E-state index is -4.47. The predicted molar refractivity (Wildman–Crippen MR) is 68.0 cm³/mol. The quantitative estimate of drug-likeness (QED) is 0.932. The second-order valence-electron chi connectivity index (χ2n) is 4.91. The number of carbonyl (C=O) groups is 1. The third kappa shape index (κ3) is 2.30. The van der Waals surface area contributed by atoms with Crippen LogP contribution in [-0.2, 0) is 15.7 Å². The van der Waals surface area contributed by atoms with Gasteiger partial charge in [-0.2, -0.15) is 13.2 Å². The lowest BCUT2D eigenvalue weighted by molar-refractivity contribution is -0.137. The number of ether oxygens (including phenoxy) is 1. The van der Waals surface area contributed by atoms with E-state index in [4.69, 9.17) is 4.74 Å².